The van der Waals surface area contributed by atoms with Crippen molar-refractivity contribution in [1.82, 2.24) is 0 Å². The van der Waals surface area contributed by atoms with Crippen molar-refractivity contribution in [1.29, 1.82) is 0 Å². The fourth-order valence-corrected chi connectivity index (χ4v) is 1.64. The van der Waals surface area contributed by atoms with E-state index in [-0.39, 0.29) is 12.9 Å². The van der Waals surface area contributed by atoms with Crippen LogP contribution in [0.2, 0.25) is 0 Å². The summed E-state index contributed by atoms with van der Waals surface area (Å²) in [4.78, 5) is 0. The van der Waals surface area contributed by atoms with Crippen molar-refractivity contribution in [3.05, 3.63) is 12.7 Å². The Balaban J connectivity index is 3.83. The highest BCUT2D eigenvalue weighted by Gasteiger charge is 2.18. The van der Waals surface area contributed by atoms with Gasteiger partial charge in [0, 0.05) is 7.11 Å². The summed E-state index contributed by atoms with van der Waals surface area (Å²) in [5.74, 6) is 0. The van der Waals surface area contributed by atoms with Crippen LogP contribution in [0, 0.1) is 0 Å². The summed E-state index contributed by atoms with van der Waals surface area (Å²) < 4.78 is 10.3. The molecule has 0 saturated carbocycles. The van der Waals surface area contributed by atoms with Crippen molar-refractivity contribution in [2.24, 2.45) is 0 Å². The smallest absolute Gasteiger partial charge is 0.146 e. The third kappa shape index (κ3) is 7.85. The predicted octanol–water partition coefficient (Wildman–Crippen LogP) is 2.88. The van der Waals surface area contributed by atoms with Gasteiger partial charge in [0.2, 0.25) is 0 Å². The summed E-state index contributed by atoms with van der Waals surface area (Å²) in [6, 6.07) is 0. The van der Waals surface area contributed by atoms with Gasteiger partial charge in [-0.05, 0) is 12.8 Å². The van der Waals surface area contributed by atoms with Gasteiger partial charge < -0.3 is 14.6 Å². The molecule has 0 bridgehead atoms. The largest absolute Gasteiger partial charge is 0.390 e. The van der Waals surface area contributed by atoms with Crippen LogP contribution in [0.5, 0.6) is 0 Å². The number of unbranched alkanes of at least 4 members (excludes halogenated alkanes) is 3. The lowest BCUT2D eigenvalue weighted by Crippen LogP contribution is -2.29. The van der Waals surface area contributed by atoms with Crippen molar-refractivity contribution in [3.63, 3.8) is 0 Å². The third-order valence-electron chi connectivity index (χ3n) is 2.58. The van der Waals surface area contributed by atoms with Crippen LogP contribution >= 0.6 is 0 Å². The van der Waals surface area contributed by atoms with Gasteiger partial charge in [-0.3, -0.25) is 0 Å². The molecule has 16 heavy (non-hydrogen) atoms. The molecular formula is C13H26O3. The number of hydrogen-bond donors (Lipinski definition) is 1. The lowest BCUT2D eigenvalue weighted by Gasteiger charge is -2.22. The zero-order valence-electron chi connectivity index (χ0n) is 10.7. The molecule has 1 N–H and O–H groups in total. The van der Waals surface area contributed by atoms with Crippen molar-refractivity contribution in [3.8, 4) is 0 Å². The molecule has 0 aliphatic carbocycles. The highest BCUT2D eigenvalue weighted by atomic mass is 16.7. The average Bonchev–Trinajstić information content (AvgIpc) is 2.28. The number of rotatable bonds is 11. The molecule has 0 aromatic carbocycles. The fraction of sp³-hybridized carbons (Fsp3) is 0.846. The van der Waals surface area contributed by atoms with Crippen LogP contribution in [0.4, 0.5) is 0 Å². The minimum Gasteiger partial charge on any atom is -0.390 e. The fourth-order valence-electron chi connectivity index (χ4n) is 1.64. The van der Waals surface area contributed by atoms with Crippen LogP contribution in [-0.2, 0) is 9.47 Å². The second-order valence-electron chi connectivity index (χ2n) is 4.05. The third-order valence-corrected chi connectivity index (χ3v) is 2.58. The Hall–Kier alpha value is -0.380. The molecule has 0 amide bonds. The Morgan fingerprint density at radius 1 is 1.31 bits per heavy atom. The summed E-state index contributed by atoms with van der Waals surface area (Å²) in [5, 5.41) is 9.84. The van der Waals surface area contributed by atoms with Crippen molar-refractivity contribution < 1.29 is 14.6 Å². The second-order valence-corrected chi connectivity index (χ2v) is 4.05. The number of aliphatic hydroxyl groups is 1. The molecule has 0 rings (SSSR count). The van der Waals surface area contributed by atoms with Crippen molar-refractivity contribution in [2.75, 3.05) is 13.9 Å². The number of aliphatic hydroxyl groups excluding tert-OH is 1. The topological polar surface area (TPSA) is 38.7 Å². The van der Waals surface area contributed by atoms with Crippen molar-refractivity contribution in [2.45, 2.75) is 57.7 Å². The Morgan fingerprint density at radius 2 is 2.06 bits per heavy atom. The van der Waals surface area contributed by atoms with Gasteiger partial charge in [0.1, 0.15) is 6.79 Å². The van der Waals surface area contributed by atoms with E-state index in [1.165, 1.54) is 19.3 Å². The van der Waals surface area contributed by atoms with Gasteiger partial charge in [0.05, 0.1) is 12.2 Å². The van der Waals surface area contributed by atoms with Gasteiger partial charge in [-0.15, -0.1) is 6.58 Å². The van der Waals surface area contributed by atoms with Crippen LogP contribution in [0.15, 0.2) is 12.7 Å². The maximum Gasteiger partial charge on any atom is 0.146 e. The van der Waals surface area contributed by atoms with E-state index >= 15 is 0 Å². The van der Waals surface area contributed by atoms with Gasteiger partial charge in [-0.1, -0.05) is 38.7 Å². The molecule has 0 aromatic rings. The molecule has 3 nitrogen and oxygen atoms in total. The highest BCUT2D eigenvalue weighted by molar-refractivity contribution is 4.78. The van der Waals surface area contributed by atoms with E-state index < -0.39 is 6.10 Å². The van der Waals surface area contributed by atoms with Gasteiger partial charge in [-0.25, -0.2) is 0 Å². The van der Waals surface area contributed by atoms with Crippen LogP contribution in [0.25, 0.3) is 0 Å². The molecule has 0 spiro atoms. The first-order chi connectivity index (χ1) is 7.76. The zero-order valence-corrected chi connectivity index (χ0v) is 10.7. The van der Waals surface area contributed by atoms with Gasteiger partial charge in [0.15, 0.2) is 0 Å². The molecule has 96 valence electrons. The van der Waals surface area contributed by atoms with Crippen LogP contribution < -0.4 is 0 Å². The zero-order chi connectivity index (χ0) is 12.2. The molecule has 3 heteroatoms. The van der Waals surface area contributed by atoms with E-state index in [9.17, 15) is 5.11 Å². The minimum atomic E-state index is -0.464. The molecular weight excluding hydrogens is 204 g/mol. The first-order valence-corrected chi connectivity index (χ1v) is 6.15. The first-order valence-electron chi connectivity index (χ1n) is 6.15. The molecule has 2 atom stereocenters. The normalized spacial score (nSPS) is 14.7. The van der Waals surface area contributed by atoms with Crippen LogP contribution in [-0.4, -0.2) is 31.2 Å². The summed E-state index contributed by atoms with van der Waals surface area (Å²) >= 11 is 0. The van der Waals surface area contributed by atoms with E-state index in [0.29, 0.717) is 6.42 Å². The van der Waals surface area contributed by atoms with Gasteiger partial charge in [-0.2, -0.15) is 0 Å². The Kier molecular flexibility index (Phi) is 10.9. The Labute approximate surface area is 99.5 Å². The van der Waals surface area contributed by atoms with E-state index in [2.05, 4.69) is 13.5 Å². The van der Waals surface area contributed by atoms with E-state index in [4.69, 9.17) is 9.47 Å². The summed E-state index contributed by atoms with van der Waals surface area (Å²) in [6.45, 7) is 6.05. The summed E-state index contributed by atoms with van der Waals surface area (Å²) in [5.41, 5.74) is 0. The maximum atomic E-state index is 9.84. The lowest BCUT2D eigenvalue weighted by molar-refractivity contribution is -0.114. The molecule has 0 aliphatic rings. The quantitative estimate of drug-likeness (QED) is 0.337. The van der Waals surface area contributed by atoms with E-state index in [1.54, 1.807) is 13.2 Å². The number of ether oxygens (including phenoxy) is 2. The van der Waals surface area contributed by atoms with Crippen molar-refractivity contribution >= 4 is 0 Å². The first kappa shape index (κ1) is 15.6. The maximum absolute atomic E-state index is 9.84. The summed E-state index contributed by atoms with van der Waals surface area (Å²) in [6.07, 6.45) is 7.35. The molecule has 0 fully saturated rings. The predicted molar refractivity (Wildman–Crippen MR) is 66.3 cm³/mol. The standard InChI is InChI=1S/C13H26O3/c1-4-6-7-8-10-13(16-11-15-3)12(14)9-5-2/h5,12-14H,2,4,6-11H2,1,3H3/t12-,13-/m0/s1. The van der Waals surface area contributed by atoms with E-state index in [1.807, 2.05) is 0 Å². The van der Waals surface area contributed by atoms with Gasteiger partial charge >= 0.3 is 0 Å². The monoisotopic (exact) mass is 230 g/mol. The molecule has 0 aliphatic heterocycles. The summed E-state index contributed by atoms with van der Waals surface area (Å²) in [7, 11) is 1.59. The van der Waals surface area contributed by atoms with Crippen LogP contribution in [0.1, 0.15) is 45.4 Å². The van der Waals surface area contributed by atoms with Crippen LogP contribution in [0.3, 0.4) is 0 Å². The molecule has 0 unspecified atom stereocenters. The molecule has 0 saturated heterocycles. The molecule has 0 heterocycles. The Bertz CT molecular complexity index is 159. The Morgan fingerprint density at radius 3 is 2.62 bits per heavy atom. The molecule has 0 radical (unpaired) electrons. The molecule has 0 aromatic heterocycles. The number of methoxy groups -OCH3 is 1. The average molecular weight is 230 g/mol. The van der Waals surface area contributed by atoms with Gasteiger partial charge in [0.25, 0.3) is 0 Å². The number of hydrogen-bond acceptors (Lipinski definition) is 3. The lowest BCUT2D eigenvalue weighted by atomic mass is 10.0. The SMILES string of the molecule is C=CC[C@H](O)[C@H](CCCCCC)OCOC. The van der Waals surface area contributed by atoms with E-state index in [0.717, 1.165) is 12.8 Å². The minimum absolute atomic E-state index is 0.130. The second kappa shape index (κ2) is 11.1. The highest BCUT2D eigenvalue weighted by Crippen LogP contribution is 2.14.